The molecule has 0 saturated heterocycles. The normalized spacial score (nSPS) is 11.2. The molecule has 1 heterocycles. The minimum absolute atomic E-state index is 0.00812. The van der Waals surface area contributed by atoms with Gasteiger partial charge in [0.25, 0.3) is 0 Å². The van der Waals surface area contributed by atoms with Crippen molar-refractivity contribution in [3.63, 3.8) is 0 Å². The van der Waals surface area contributed by atoms with Crippen LogP contribution >= 0.6 is 11.6 Å². The molecule has 3 aromatic rings. The molecule has 0 atom stereocenters. The Balaban J connectivity index is 1.88. The third-order valence-corrected chi connectivity index (χ3v) is 5.51. The summed E-state index contributed by atoms with van der Waals surface area (Å²) < 4.78 is 30.4. The number of nitrogens with zero attached hydrogens (tertiary/aromatic N) is 2. The predicted molar refractivity (Wildman–Crippen MR) is 115 cm³/mol. The van der Waals surface area contributed by atoms with Crippen LogP contribution in [0, 0.1) is 0 Å². The second-order valence-electron chi connectivity index (χ2n) is 6.44. The minimum Gasteiger partial charge on any atom is -0.462 e. The molecule has 0 bridgehead atoms. The number of aromatic nitrogens is 2. The van der Waals surface area contributed by atoms with Crippen LogP contribution in [0.25, 0.3) is 5.69 Å². The van der Waals surface area contributed by atoms with Crippen LogP contribution in [0.1, 0.15) is 22.8 Å². The van der Waals surface area contributed by atoms with Crippen molar-refractivity contribution in [1.82, 2.24) is 9.78 Å². The Morgan fingerprint density at radius 3 is 2.65 bits per heavy atom. The first-order valence-corrected chi connectivity index (χ1v) is 11.0. The summed E-state index contributed by atoms with van der Waals surface area (Å²) in [5.74, 6) is -0.973. The molecular weight excluding hydrogens is 444 g/mol. The summed E-state index contributed by atoms with van der Waals surface area (Å²) in [5, 5.41) is 12.5. The zero-order valence-electron chi connectivity index (χ0n) is 16.4. The average molecular weight is 463 g/mol. The van der Waals surface area contributed by atoms with E-state index in [1.165, 1.54) is 35.3 Å². The molecule has 162 valence electrons. The SMILES string of the molecule is CCOC(=O)c1cnn(-c2ccc(NC(=O)Cc3ccccc3Cl)cc2S(N)(=O)=O)c1. The zero-order valence-corrected chi connectivity index (χ0v) is 18.0. The number of nitrogens with two attached hydrogens (primary N) is 1. The Kier molecular flexibility index (Phi) is 6.74. The number of amides is 1. The molecule has 0 radical (unpaired) electrons. The Hall–Kier alpha value is -3.21. The number of halogens is 1. The van der Waals surface area contributed by atoms with E-state index in [-0.39, 0.29) is 40.8 Å². The lowest BCUT2D eigenvalue weighted by Crippen LogP contribution is -2.18. The van der Waals surface area contributed by atoms with Gasteiger partial charge < -0.3 is 10.1 Å². The van der Waals surface area contributed by atoms with Gasteiger partial charge in [-0.2, -0.15) is 5.10 Å². The molecule has 1 aromatic heterocycles. The number of hydrogen-bond acceptors (Lipinski definition) is 6. The van der Waals surface area contributed by atoms with Gasteiger partial charge in [-0.25, -0.2) is 23.0 Å². The summed E-state index contributed by atoms with van der Waals surface area (Å²) in [6.07, 6.45) is 2.59. The topological polar surface area (TPSA) is 133 Å². The molecule has 0 aliphatic rings. The quantitative estimate of drug-likeness (QED) is 0.518. The number of nitrogens with one attached hydrogen (secondary N) is 1. The number of benzene rings is 2. The second-order valence-corrected chi connectivity index (χ2v) is 8.37. The van der Waals surface area contributed by atoms with Crippen molar-refractivity contribution in [2.75, 3.05) is 11.9 Å². The lowest BCUT2D eigenvalue weighted by Gasteiger charge is -2.12. The first-order valence-electron chi connectivity index (χ1n) is 9.11. The van der Waals surface area contributed by atoms with Crippen LogP contribution in [0.3, 0.4) is 0 Å². The van der Waals surface area contributed by atoms with E-state index in [1.807, 2.05) is 0 Å². The number of carbonyl (C=O) groups excluding carboxylic acids is 2. The fraction of sp³-hybridized carbons (Fsp3) is 0.150. The van der Waals surface area contributed by atoms with E-state index < -0.39 is 16.0 Å². The first kappa shape index (κ1) is 22.5. The van der Waals surface area contributed by atoms with Crippen molar-refractivity contribution in [2.45, 2.75) is 18.2 Å². The molecule has 3 N–H and O–H groups in total. The van der Waals surface area contributed by atoms with E-state index in [1.54, 1.807) is 31.2 Å². The van der Waals surface area contributed by atoms with E-state index >= 15 is 0 Å². The number of ether oxygens (including phenoxy) is 1. The molecule has 0 saturated carbocycles. The fourth-order valence-electron chi connectivity index (χ4n) is 2.80. The molecule has 0 unspecified atom stereocenters. The van der Waals surface area contributed by atoms with Gasteiger partial charge in [-0.3, -0.25) is 4.79 Å². The highest BCUT2D eigenvalue weighted by Gasteiger charge is 2.19. The Morgan fingerprint density at radius 2 is 1.97 bits per heavy atom. The molecule has 0 spiro atoms. The maximum Gasteiger partial charge on any atom is 0.341 e. The maximum atomic E-state index is 12.4. The van der Waals surface area contributed by atoms with Crippen LogP contribution in [-0.2, 0) is 26.0 Å². The van der Waals surface area contributed by atoms with Crippen LogP contribution in [0.5, 0.6) is 0 Å². The Labute approximate surface area is 183 Å². The highest BCUT2D eigenvalue weighted by Crippen LogP contribution is 2.24. The largest absolute Gasteiger partial charge is 0.462 e. The van der Waals surface area contributed by atoms with Crippen LogP contribution in [0.4, 0.5) is 5.69 Å². The van der Waals surface area contributed by atoms with Crippen molar-refractivity contribution in [3.05, 3.63) is 71.0 Å². The van der Waals surface area contributed by atoms with Gasteiger partial charge in [0.05, 0.1) is 30.5 Å². The molecule has 0 aliphatic carbocycles. The number of rotatable bonds is 7. The van der Waals surface area contributed by atoms with Gasteiger partial charge >= 0.3 is 5.97 Å². The van der Waals surface area contributed by atoms with Gasteiger partial charge in [-0.15, -0.1) is 0 Å². The third-order valence-electron chi connectivity index (χ3n) is 4.20. The summed E-state index contributed by atoms with van der Waals surface area (Å²) in [6.45, 7) is 1.86. The number of carbonyl (C=O) groups is 2. The molecule has 0 aliphatic heterocycles. The van der Waals surface area contributed by atoms with Crippen molar-refractivity contribution in [2.24, 2.45) is 5.14 Å². The zero-order chi connectivity index (χ0) is 22.6. The molecule has 1 amide bonds. The molecule has 0 fully saturated rings. The van der Waals surface area contributed by atoms with Gasteiger partial charge in [0.2, 0.25) is 15.9 Å². The molecule has 31 heavy (non-hydrogen) atoms. The fourth-order valence-corrected chi connectivity index (χ4v) is 3.75. The van der Waals surface area contributed by atoms with Crippen molar-refractivity contribution in [3.8, 4) is 5.69 Å². The smallest absolute Gasteiger partial charge is 0.341 e. The summed E-state index contributed by atoms with van der Waals surface area (Å²) in [7, 11) is -4.18. The van der Waals surface area contributed by atoms with Gasteiger partial charge in [0.1, 0.15) is 4.90 Å². The van der Waals surface area contributed by atoms with E-state index in [4.69, 9.17) is 21.5 Å². The lowest BCUT2D eigenvalue weighted by molar-refractivity contribution is -0.115. The second kappa shape index (κ2) is 9.29. The van der Waals surface area contributed by atoms with Crippen molar-refractivity contribution < 1.29 is 22.7 Å². The highest BCUT2D eigenvalue weighted by molar-refractivity contribution is 7.89. The van der Waals surface area contributed by atoms with E-state index in [9.17, 15) is 18.0 Å². The van der Waals surface area contributed by atoms with Gasteiger partial charge in [0, 0.05) is 16.9 Å². The van der Waals surface area contributed by atoms with Gasteiger partial charge in [0.15, 0.2) is 0 Å². The van der Waals surface area contributed by atoms with E-state index in [0.29, 0.717) is 10.6 Å². The van der Waals surface area contributed by atoms with Crippen LogP contribution in [0.15, 0.2) is 59.8 Å². The van der Waals surface area contributed by atoms with Crippen molar-refractivity contribution >= 4 is 39.2 Å². The Bertz CT molecular complexity index is 1240. The average Bonchev–Trinajstić information content (AvgIpc) is 3.19. The molecular formula is C20H19ClN4O5S. The summed E-state index contributed by atoms with van der Waals surface area (Å²) in [6, 6.07) is 11.1. The highest BCUT2D eigenvalue weighted by atomic mass is 35.5. The maximum absolute atomic E-state index is 12.4. The first-order chi connectivity index (χ1) is 14.7. The molecule has 9 nitrogen and oxygen atoms in total. The summed E-state index contributed by atoms with van der Waals surface area (Å²) in [4.78, 5) is 23.9. The Morgan fingerprint density at radius 1 is 1.23 bits per heavy atom. The number of primary sulfonamides is 1. The third kappa shape index (κ3) is 5.48. The molecule has 2 aromatic carbocycles. The summed E-state index contributed by atoms with van der Waals surface area (Å²) in [5.41, 5.74) is 1.12. The van der Waals surface area contributed by atoms with Crippen LogP contribution in [0.2, 0.25) is 5.02 Å². The number of esters is 1. The monoisotopic (exact) mass is 462 g/mol. The number of hydrogen-bond donors (Lipinski definition) is 2. The van der Waals surface area contributed by atoms with Crippen molar-refractivity contribution in [1.29, 1.82) is 0 Å². The molecule has 11 heteroatoms. The standard InChI is InChI=1S/C20H19ClN4O5S/c1-2-30-20(27)14-11-23-25(12-14)17-8-7-15(10-18(17)31(22,28)29)24-19(26)9-13-5-3-4-6-16(13)21/h3-8,10-12H,2,9H2,1H3,(H,24,26)(H2,22,28,29). The van der Waals surface area contributed by atoms with E-state index in [0.717, 1.165) is 0 Å². The van der Waals surface area contributed by atoms with E-state index in [2.05, 4.69) is 10.4 Å². The number of anilines is 1. The number of sulfonamides is 1. The molecule has 3 rings (SSSR count). The lowest BCUT2D eigenvalue weighted by atomic mass is 10.1. The van der Waals surface area contributed by atoms with Crippen LogP contribution in [-0.4, -0.2) is 36.7 Å². The van der Waals surface area contributed by atoms with Gasteiger partial charge in [-0.1, -0.05) is 29.8 Å². The predicted octanol–water partition coefficient (Wildman–Crippen LogP) is 2.53. The van der Waals surface area contributed by atoms with Gasteiger partial charge in [-0.05, 0) is 36.8 Å². The summed E-state index contributed by atoms with van der Waals surface area (Å²) >= 11 is 6.07. The minimum atomic E-state index is -4.18. The van der Waals surface area contributed by atoms with Crippen LogP contribution < -0.4 is 10.5 Å².